The number of aromatic nitrogens is 3. The molecule has 2 aromatic carbocycles. The number of hydrogen-bond acceptors (Lipinski definition) is 4. The zero-order chi connectivity index (χ0) is 17.2. The molecular formula is C18H13FN4O2. The van der Waals surface area contributed by atoms with Crippen LogP contribution < -0.4 is 5.32 Å². The molecule has 7 heteroatoms. The van der Waals surface area contributed by atoms with Crippen LogP contribution in [0.2, 0.25) is 0 Å². The van der Waals surface area contributed by atoms with E-state index in [2.05, 4.69) is 20.4 Å². The van der Waals surface area contributed by atoms with Gasteiger partial charge in [0, 0.05) is 29.2 Å². The molecule has 0 saturated heterocycles. The van der Waals surface area contributed by atoms with Crippen LogP contribution in [-0.4, -0.2) is 21.0 Å². The lowest BCUT2D eigenvalue weighted by atomic mass is 10.1. The average molecular weight is 336 g/mol. The molecule has 2 heterocycles. The van der Waals surface area contributed by atoms with Crippen molar-refractivity contribution >= 4 is 16.8 Å². The summed E-state index contributed by atoms with van der Waals surface area (Å²) >= 11 is 0. The number of hydrogen-bond donors (Lipinski definition) is 2. The first kappa shape index (κ1) is 15.1. The second kappa shape index (κ2) is 6.20. The van der Waals surface area contributed by atoms with Crippen LogP contribution in [0.4, 0.5) is 4.39 Å². The van der Waals surface area contributed by atoms with E-state index in [0.717, 1.165) is 16.5 Å². The molecule has 0 aliphatic rings. The number of nitrogens with zero attached hydrogens (tertiary/aromatic N) is 2. The minimum atomic E-state index is -0.509. The van der Waals surface area contributed by atoms with Crippen molar-refractivity contribution in [3.8, 4) is 11.4 Å². The smallest absolute Gasteiger partial charge is 0.316 e. The van der Waals surface area contributed by atoms with Crippen LogP contribution in [0, 0.1) is 5.82 Å². The lowest BCUT2D eigenvalue weighted by Gasteiger charge is -2.02. The minimum Gasteiger partial charge on any atom is -0.361 e. The summed E-state index contributed by atoms with van der Waals surface area (Å²) in [6.07, 6.45) is 1.84. The molecule has 4 aromatic rings. The van der Waals surface area contributed by atoms with Gasteiger partial charge in [0.25, 0.3) is 0 Å². The highest BCUT2D eigenvalue weighted by Crippen LogP contribution is 2.21. The number of benzene rings is 2. The molecule has 0 radical (unpaired) electrons. The van der Waals surface area contributed by atoms with Gasteiger partial charge in [0.05, 0.1) is 0 Å². The van der Waals surface area contributed by atoms with E-state index in [0.29, 0.717) is 11.4 Å². The summed E-state index contributed by atoms with van der Waals surface area (Å²) in [7, 11) is 0. The van der Waals surface area contributed by atoms with Crippen molar-refractivity contribution in [2.24, 2.45) is 0 Å². The zero-order valence-electron chi connectivity index (χ0n) is 13.0. The molecule has 0 spiro atoms. The molecule has 0 aliphatic carbocycles. The van der Waals surface area contributed by atoms with E-state index in [1.807, 2.05) is 30.5 Å². The van der Waals surface area contributed by atoms with Crippen LogP contribution in [0.15, 0.2) is 59.3 Å². The van der Waals surface area contributed by atoms with Gasteiger partial charge in [-0.2, -0.15) is 4.98 Å². The number of halogens is 1. The molecule has 0 saturated carbocycles. The number of carbonyl (C=O) groups excluding carboxylic acids is 1. The van der Waals surface area contributed by atoms with Crippen LogP contribution in [0.3, 0.4) is 0 Å². The Balaban J connectivity index is 1.49. The van der Waals surface area contributed by atoms with Gasteiger partial charge in [-0.05, 0) is 42.0 Å². The normalized spacial score (nSPS) is 10.9. The van der Waals surface area contributed by atoms with Crippen molar-refractivity contribution in [1.82, 2.24) is 20.4 Å². The van der Waals surface area contributed by atoms with E-state index in [9.17, 15) is 9.18 Å². The maximum atomic E-state index is 13.1. The van der Waals surface area contributed by atoms with E-state index in [-0.39, 0.29) is 18.3 Å². The number of aromatic amines is 1. The maximum absolute atomic E-state index is 13.1. The van der Waals surface area contributed by atoms with Crippen molar-refractivity contribution in [2.75, 3.05) is 0 Å². The van der Waals surface area contributed by atoms with Gasteiger partial charge in [-0.25, -0.2) is 4.39 Å². The van der Waals surface area contributed by atoms with Crippen LogP contribution in [0.5, 0.6) is 0 Å². The highest BCUT2D eigenvalue weighted by Gasteiger charge is 2.16. The minimum absolute atomic E-state index is 0.138. The van der Waals surface area contributed by atoms with Gasteiger partial charge >= 0.3 is 11.8 Å². The summed E-state index contributed by atoms with van der Waals surface area (Å²) in [6, 6.07) is 13.6. The summed E-state index contributed by atoms with van der Waals surface area (Å²) in [4.78, 5) is 19.3. The highest BCUT2D eigenvalue weighted by molar-refractivity contribution is 5.90. The SMILES string of the molecule is O=C(NCc1cccc(F)c1)c1nc(-c2ccc3[nH]ccc3c2)no1. The Morgan fingerprint density at radius 1 is 1.20 bits per heavy atom. The van der Waals surface area contributed by atoms with Gasteiger partial charge in [0.1, 0.15) is 5.82 Å². The fourth-order valence-electron chi connectivity index (χ4n) is 2.53. The van der Waals surface area contributed by atoms with Crippen LogP contribution in [0.1, 0.15) is 16.2 Å². The number of fused-ring (bicyclic) bond motifs is 1. The molecule has 1 amide bonds. The largest absolute Gasteiger partial charge is 0.361 e. The summed E-state index contributed by atoms with van der Waals surface area (Å²) in [5.41, 5.74) is 2.39. The van der Waals surface area contributed by atoms with Crippen LogP contribution in [0.25, 0.3) is 22.3 Å². The van der Waals surface area contributed by atoms with E-state index < -0.39 is 5.91 Å². The maximum Gasteiger partial charge on any atom is 0.316 e. The summed E-state index contributed by atoms with van der Waals surface area (Å²) < 4.78 is 18.2. The molecule has 2 aromatic heterocycles. The number of H-pyrrole nitrogens is 1. The first-order chi connectivity index (χ1) is 12.2. The van der Waals surface area contributed by atoms with Gasteiger partial charge < -0.3 is 14.8 Å². The molecule has 25 heavy (non-hydrogen) atoms. The second-order valence-corrected chi connectivity index (χ2v) is 5.52. The summed E-state index contributed by atoms with van der Waals surface area (Å²) in [5, 5.41) is 7.49. The van der Waals surface area contributed by atoms with E-state index in [1.54, 1.807) is 12.1 Å². The Morgan fingerprint density at radius 3 is 3.00 bits per heavy atom. The molecule has 124 valence electrons. The van der Waals surface area contributed by atoms with Gasteiger partial charge in [0.2, 0.25) is 5.82 Å². The molecule has 6 nitrogen and oxygen atoms in total. The Kier molecular flexibility index (Phi) is 3.74. The van der Waals surface area contributed by atoms with Crippen molar-refractivity contribution in [3.05, 3.63) is 72.0 Å². The third kappa shape index (κ3) is 3.12. The van der Waals surface area contributed by atoms with E-state index in [4.69, 9.17) is 4.52 Å². The standard InChI is InChI=1S/C18H13FN4O2/c19-14-3-1-2-11(8-14)10-21-17(24)18-22-16(23-25-18)13-4-5-15-12(9-13)6-7-20-15/h1-9,20H,10H2,(H,21,24). The predicted octanol–water partition coefficient (Wildman–Crippen LogP) is 3.29. The van der Waals surface area contributed by atoms with Crippen molar-refractivity contribution in [2.45, 2.75) is 6.54 Å². The summed E-state index contributed by atoms with van der Waals surface area (Å²) in [6.45, 7) is 0.170. The number of amides is 1. The Morgan fingerprint density at radius 2 is 2.12 bits per heavy atom. The molecule has 0 aliphatic heterocycles. The molecule has 0 atom stereocenters. The van der Waals surface area contributed by atoms with Crippen molar-refractivity contribution < 1.29 is 13.7 Å². The molecule has 2 N–H and O–H groups in total. The van der Waals surface area contributed by atoms with Gasteiger partial charge in [-0.1, -0.05) is 17.3 Å². The number of nitrogens with one attached hydrogen (secondary N) is 2. The Hall–Kier alpha value is -3.48. The number of rotatable bonds is 4. The molecule has 0 bridgehead atoms. The van der Waals surface area contributed by atoms with Gasteiger partial charge in [-0.3, -0.25) is 4.79 Å². The molecule has 4 rings (SSSR count). The average Bonchev–Trinajstić information content (AvgIpc) is 3.28. The predicted molar refractivity (Wildman–Crippen MR) is 89.2 cm³/mol. The monoisotopic (exact) mass is 336 g/mol. The quantitative estimate of drug-likeness (QED) is 0.599. The fraction of sp³-hybridized carbons (Fsp3) is 0.0556. The topological polar surface area (TPSA) is 83.8 Å². The van der Waals surface area contributed by atoms with Crippen molar-refractivity contribution in [1.29, 1.82) is 0 Å². The number of carbonyl (C=O) groups is 1. The Labute approximate surface area is 141 Å². The van der Waals surface area contributed by atoms with Crippen LogP contribution >= 0.6 is 0 Å². The van der Waals surface area contributed by atoms with Crippen molar-refractivity contribution in [3.63, 3.8) is 0 Å². The molecular weight excluding hydrogens is 323 g/mol. The summed E-state index contributed by atoms with van der Waals surface area (Å²) in [5.74, 6) is -0.669. The molecule has 0 unspecified atom stereocenters. The third-order valence-electron chi connectivity index (χ3n) is 3.77. The second-order valence-electron chi connectivity index (χ2n) is 5.52. The van der Waals surface area contributed by atoms with E-state index >= 15 is 0 Å². The lowest BCUT2D eigenvalue weighted by molar-refractivity contribution is 0.0907. The Bertz CT molecular complexity index is 1050. The van der Waals surface area contributed by atoms with Gasteiger partial charge in [0.15, 0.2) is 0 Å². The molecule has 0 fully saturated rings. The van der Waals surface area contributed by atoms with Crippen LogP contribution in [-0.2, 0) is 6.54 Å². The lowest BCUT2D eigenvalue weighted by Crippen LogP contribution is -2.23. The fourth-order valence-corrected chi connectivity index (χ4v) is 2.53. The third-order valence-corrected chi connectivity index (χ3v) is 3.77. The van der Waals surface area contributed by atoms with E-state index in [1.165, 1.54) is 12.1 Å². The zero-order valence-corrected chi connectivity index (χ0v) is 13.0. The van der Waals surface area contributed by atoms with Gasteiger partial charge in [-0.15, -0.1) is 0 Å². The first-order valence-electron chi connectivity index (χ1n) is 7.63. The highest BCUT2D eigenvalue weighted by atomic mass is 19.1. The first-order valence-corrected chi connectivity index (χ1v) is 7.63.